The Hall–Kier alpha value is -3.75. The largest absolute Gasteiger partial charge is 0.508 e. The Morgan fingerprint density at radius 1 is 0.731 bits per heavy atom. The molecule has 0 spiro atoms. The molecule has 0 saturated heterocycles. The molecular formula is C17H16N2O7. The fraction of sp³-hybridized carbons (Fsp3) is 0.118. The number of carboxylic acids is 2. The third-order valence-electron chi connectivity index (χ3n) is 3.53. The lowest BCUT2D eigenvalue weighted by Gasteiger charge is -2.11. The molecule has 2 aromatic rings. The maximum Gasteiger partial charge on any atom is 0.335 e. The summed E-state index contributed by atoms with van der Waals surface area (Å²) in [5.74, 6) is -2.65. The average molecular weight is 360 g/mol. The molecule has 0 saturated carbocycles. The first-order chi connectivity index (χ1) is 12.3. The van der Waals surface area contributed by atoms with Crippen LogP contribution >= 0.6 is 0 Å². The van der Waals surface area contributed by atoms with E-state index in [1.54, 1.807) is 0 Å². The van der Waals surface area contributed by atoms with Gasteiger partial charge in [-0.1, -0.05) is 0 Å². The van der Waals surface area contributed by atoms with Crippen LogP contribution in [-0.4, -0.2) is 38.4 Å². The summed E-state index contributed by atoms with van der Waals surface area (Å²) in [5, 5.41) is 42.1. The molecule has 9 nitrogen and oxygen atoms in total. The molecule has 0 atom stereocenters. The SMILES string of the molecule is O=C(NCc1cc(C(=O)O)ccc1O)NCc1cc(C(=O)O)ccc1O. The van der Waals surface area contributed by atoms with E-state index in [4.69, 9.17) is 10.2 Å². The molecule has 9 heteroatoms. The van der Waals surface area contributed by atoms with Crippen molar-refractivity contribution in [2.24, 2.45) is 0 Å². The zero-order valence-corrected chi connectivity index (χ0v) is 13.4. The molecule has 0 aliphatic rings. The minimum absolute atomic E-state index is 0.0320. The quantitative estimate of drug-likeness (QED) is 0.456. The molecular weight excluding hydrogens is 344 g/mol. The Kier molecular flexibility index (Phi) is 5.63. The van der Waals surface area contributed by atoms with E-state index in [9.17, 15) is 24.6 Å². The smallest absolute Gasteiger partial charge is 0.335 e. The van der Waals surface area contributed by atoms with Gasteiger partial charge in [-0.25, -0.2) is 14.4 Å². The molecule has 2 rings (SSSR count). The molecule has 0 heterocycles. The Bertz CT molecular complexity index is 795. The van der Waals surface area contributed by atoms with Crippen molar-refractivity contribution in [3.8, 4) is 11.5 Å². The second-order valence-electron chi connectivity index (χ2n) is 5.33. The van der Waals surface area contributed by atoms with E-state index in [-0.39, 0.29) is 46.8 Å². The van der Waals surface area contributed by atoms with Gasteiger partial charge in [0.2, 0.25) is 0 Å². The van der Waals surface area contributed by atoms with Gasteiger partial charge < -0.3 is 31.1 Å². The van der Waals surface area contributed by atoms with Crippen LogP contribution in [0.5, 0.6) is 11.5 Å². The number of nitrogens with one attached hydrogen (secondary N) is 2. The Labute approximate surface area is 147 Å². The number of benzene rings is 2. The molecule has 26 heavy (non-hydrogen) atoms. The number of amides is 2. The van der Waals surface area contributed by atoms with Crippen molar-refractivity contribution in [3.05, 3.63) is 58.7 Å². The van der Waals surface area contributed by atoms with Gasteiger partial charge in [0.05, 0.1) is 11.1 Å². The van der Waals surface area contributed by atoms with Crippen LogP contribution in [0.3, 0.4) is 0 Å². The van der Waals surface area contributed by atoms with Crippen LogP contribution in [0, 0.1) is 0 Å². The molecule has 6 N–H and O–H groups in total. The summed E-state index contributed by atoms with van der Waals surface area (Å²) >= 11 is 0. The Balaban J connectivity index is 1.96. The predicted molar refractivity (Wildman–Crippen MR) is 89.2 cm³/mol. The number of aromatic carboxylic acids is 2. The van der Waals surface area contributed by atoms with Crippen LogP contribution in [0.4, 0.5) is 4.79 Å². The van der Waals surface area contributed by atoms with Crippen LogP contribution in [0.15, 0.2) is 36.4 Å². The van der Waals surface area contributed by atoms with Gasteiger partial charge >= 0.3 is 18.0 Å². The van der Waals surface area contributed by atoms with Crippen molar-refractivity contribution in [2.75, 3.05) is 0 Å². The predicted octanol–water partition coefficient (Wildman–Crippen LogP) is 1.49. The number of phenolic OH excluding ortho intramolecular Hbond substituents is 2. The number of phenols is 2. The van der Waals surface area contributed by atoms with Crippen LogP contribution in [0.1, 0.15) is 31.8 Å². The summed E-state index contributed by atoms with van der Waals surface area (Å²) in [6, 6.07) is 6.73. The maximum atomic E-state index is 11.8. The monoisotopic (exact) mass is 360 g/mol. The number of urea groups is 1. The molecule has 0 aliphatic carbocycles. The summed E-state index contributed by atoms with van der Waals surface area (Å²) in [4.78, 5) is 33.7. The van der Waals surface area contributed by atoms with Crippen molar-refractivity contribution in [2.45, 2.75) is 13.1 Å². The van der Waals surface area contributed by atoms with E-state index in [2.05, 4.69) is 10.6 Å². The van der Waals surface area contributed by atoms with E-state index in [1.807, 2.05) is 0 Å². The highest BCUT2D eigenvalue weighted by atomic mass is 16.4. The second kappa shape index (κ2) is 7.88. The number of hydrogen-bond donors (Lipinski definition) is 6. The first-order valence-electron chi connectivity index (χ1n) is 7.40. The zero-order chi connectivity index (χ0) is 19.3. The van der Waals surface area contributed by atoms with Gasteiger partial charge in [0.1, 0.15) is 11.5 Å². The molecule has 2 aromatic carbocycles. The highest BCUT2D eigenvalue weighted by Crippen LogP contribution is 2.19. The molecule has 0 radical (unpaired) electrons. The molecule has 0 bridgehead atoms. The van der Waals surface area contributed by atoms with Crippen molar-refractivity contribution in [1.29, 1.82) is 0 Å². The Morgan fingerprint density at radius 3 is 1.46 bits per heavy atom. The molecule has 136 valence electrons. The summed E-state index contributed by atoms with van der Waals surface area (Å²) in [5.41, 5.74) is 0.373. The fourth-order valence-corrected chi connectivity index (χ4v) is 2.13. The summed E-state index contributed by atoms with van der Waals surface area (Å²) < 4.78 is 0. The second-order valence-corrected chi connectivity index (χ2v) is 5.33. The lowest BCUT2D eigenvalue weighted by molar-refractivity contribution is 0.0686. The third kappa shape index (κ3) is 4.63. The first kappa shape index (κ1) is 18.6. The number of hydrogen-bond acceptors (Lipinski definition) is 5. The van der Waals surface area contributed by atoms with Crippen molar-refractivity contribution in [3.63, 3.8) is 0 Å². The summed E-state index contributed by atoms with van der Waals surface area (Å²) in [6.45, 7) is -0.250. The molecule has 0 aromatic heterocycles. The molecule has 0 unspecified atom stereocenters. The third-order valence-corrected chi connectivity index (χ3v) is 3.53. The summed E-state index contributed by atoms with van der Waals surface area (Å²) in [7, 11) is 0. The standard InChI is InChI=1S/C17H16N2O7/c20-13-3-1-9(15(22)23)5-11(13)7-18-17(26)19-8-12-6-10(16(24)25)2-4-14(12)21/h1-6,20-21H,7-8H2,(H,22,23)(H,24,25)(H2,18,19,26). The van der Waals surface area contributed by atoms with E-state index < -0.39 is 18.0 Å². The fourth-order valence-electron chi connectivity index (χ4n) is 2.13. The molecule has 2 amide bonds. The first-order valence-corrected chi connectivity index (χ1v) is 7.40. The van der Waals surface area contributed by atoms with Gasteiger partial charge in [0.15, 0.2) is 0 Å². The maximum absolute atomic E-state index is 11.8. The van der Waals surface area contributed by atoms with E-state index in [0.717, 1.165) is 0 Å². The minimum atomic E-state index is -1.16. The van der Waals surface area contributed by atoms with Crippen LogP contribution in [0.2, 0.25) is 0 Å². The highest BCUT2D eigenvalue weighted by Gasteiger charge is 2.11. The van der Waals surface area contributed by atoms with Gasteiger partial charge in [0, 0.05) is 24.2 Å². The number of carbonyl (C=O) groups excluding carboxylic acids is 1. The topological polar surface area (TPSA) is 156 Å². The van der Waals surface area contributed by atoms with E-state index in [1.165, 1.54) is 36.4 Å². The van der Waals surface area contributed by atoms with Crippen LogP contribution < -0.4 is 10.6 Å². The lowest BCUT2D eigenvalue weighted by atomic mass is 10.1. The highest BCUT2D eigenvalue weighted by molar-refractivity contribution is 5.88. The summed E-state index contributed by atoms with van der Waals surface area (Å²) in [6.07, 6.45) is 0. The molecule has 0 aliphatic heterocycles. The van der Waals surface area contributed by atoms with Crippen molar-refractivity contribution in [1.82, 2.24) is 10.6 Å². The normalized spacial score (nSPS) is 10.2. The zero-order valence-electron chi connectivity index (χ0n) is 13.4. The number of aromatic hydroxyl groups is 2. The number of carbonyl (C=O) groups is 3. The van der Waals surface area contributed by atoms with Crippen LogP contribution in [-0.2, 0) is 13.1 Å². The van der Waals surface area contributed by atoms with Crippen LogP contribution in [0.25, 0.3) is 0 Å². The van der Waals surface area contributed by atoms with Gasteiger partial charge in [0.25, 0.3) is 0 Å². The van der Waals surface area contributed by atoms with Gasteiger partial charge in [-0.05, 0) is 36.4 Å². The average Bonchev–Trinajstić information content (AvgIpc) is 2.59. The van der Waals surface area contributed by atoms with Crippen molar-refractivity contribution >= 4 is 18.0 Å². The minimum Gasteiger partial charge on any atom is -0.508 e. The number of carboxylic acid groups (broad SMARTS) is 2. The number of rotatable bonds is 6. The lowest BCUT2D eigenvalue weighted by Crippen LogP contribution is -2.34. The Morgan fingerprint density at radius 2 is 1.12 bits per heavy atom. The van der Waals surface area contributed by atoms with Gasteiger partial charge in [-0.3, -0.25) is 0 Å². The molecule has 0 fully saturated rings. The van der Waals surface area contributed by atoms with Crippen molar-refractivity contribution < 1.29 is 34.8 Å². The van der Waals surface area contributed by atoms with Gasteiger partial charge in [-0.2, -0.15) is 0 Å². The van der Waals surface area contributed by atoms with E-state index in [0.29, 0.717) is 0 Å². The van der Waals surface area contributed by atoms with Gasteiger partial charge in [-0.15, -0.1) is 0 Å². The van der Waals surface area contributed by atoms with E-state index >= 15 is 0 Å².